The first-order valence-corrected chi connectivity index (χ1v) is 6.02. The number of nitrogens with zero attached hydrogens (tertiary/aromatic N) is 1. The number of rotatable bonds is 5. The van der Waals surface area contributed by atoms with Crippen molar-refractivity contribution in [1.82, 2.24) is 5.32 Å². The molecular formula is C14H24N2. The summed E-state index contributed by atoms with van der Waals surface area (Å²) in [7, 11) is 2.16. The number of hydrogen-bond donors (Lipinski definition) is 1. The van der Waals surface area contributed by atoms with Crippen LogP contribution in [0.3, 0.4) is 0 Å². The molecule has 0 aromatic heterocycles. The maximum Gasteiger partial charge on any atom is 0.0396 e. The lowest BCUT2D eigenvalue weighted by Gasteiger charge is -2.22. The number of aryl methyl sites for hydroxylation is 2. The number of likely N-dealkylation sites (N-methyl/N-ethyl adjacent to an activating group) is 1. The number of nitrogens with one attached hydrogen (secondary N) is 1. The summed E-state index contributed by atoms with van der Waals surface area (Å²) < 4.78 is 0. The highest BCUT2D eigenvalue weighted by Gasteiger charge is 2.04. The van der Waals surface area contributed by atoms with Crippen LogP contribution in [0.25, 0.3) is 0 Å². The van der Waals surface area contributed by atoms with Crippen LogP contribution in [0.15, 0.2) is 18.2 Å². The van der Waals surface area contributed by atoms with Gasteiger partial charge in [0.2, 0.25) is 0 Å². The Morgan fingerprint density at radius 3 is 2.56 bits per heavy atom. The Labute approximate surface area is 99.7 Å². The number of anilines is 1. The van der Waals surface area contributed by atoms with Crippen molar-refractivity contribution in [1.29, 1.82) is 0 Å². The molecule has 0 aliphatic carbocycles. The van der Waals surface area contributed by atoms with E-state index in [2.05, 4.69) is 63.2 Å². The number of benzene rings is 1. The van der Waals surface area contributed by atoms with Gasteiger partial charge in [-0.15, -0.1) is 0 Å². The van der Waals surface area contributed by atoms with Crippen molar-refractivity contribution >= 4 is 5.69 Å². The summed E-state index contributed by atoms with van der Waals surface area (Å²) in [4.78, 5) is 2.32. The van der Waals surface area contributed by atoms with Crippen LogP contribution in [-0.4, -0.2) is 26.2 Å². The van der Waals surface area contributed by atoms with Gasteiger partial charge in [-0.25, -0.2) is 0 Å². The van der Waals surface area contributed by atoms with Gasteiger partial charge in [-0.1, -0.05) is 26.0 Å². The molecule has 90 valence electrons. The van der Waals surface area contributed by atoms with E-state index in [0.29, 0.717) is 6.04 Å². The molecule has 1 rings (SSSR count). The second-order valence-corrected chi connectivity index (χ2v) is 4.82. The summed E-state index contributed by atoms with van der Waals surface area (Å²) in [5.74, 6) is 0. The second kappa shape index (κ2) is 5.90. The molecule has 0 unspecified atom stereocenters. The first-order chi connectivity index (χ1) is 7.50. The van der Waals surface area contributed by atoms with E-state index < -0.39 is 0 Å². The van der Waals surface area contributed by atoms with Crippen molar-refractivity contribution in [2.24, 2.45) is 0 Å². The topological polar surface area (TPSA) is 15.3 Å². The Morgan fingerprint density at radius 1 is 1.25 bits per heavy atom. The highest BCUT2D eigenvalue weighted by Crippen LogP contribution is 2.19. The van der Waals surface area contributed by atoms with Crippen molar-refractivity contribution in [2.75, 3.05) is 25.0 Å². The van der Waals surface area contributed by atoms with E-state index in [1.165, 1.54) is 16.8 Å². The van der Waals surface area contributed by atoms with Crippen LogP contribution in [0, 0.1) is 13.8 Å². The molecule has 0 saturated carbocycles. The van der Waals surface area contributed by atoms with E-state index in [0.717, 1.165) is 13.1 Å². The average Bonchev–Trinajstić information content (AvgIpc) is 2.21. The van der Waals surface area contributed by atoms with Gasteiger partial charge >= 0.3 is 0 Å². The molecule has 0 aliphatic rings. The summed E-state index contributed by atoms with van der Waals surface area (Å²) in [6.45, 7) is 10.7. The average molecular weight is 220 g/mol. The van der Waals surface area contributed by atoms with Gasteiger partial charge in [0, 0.05) is 31.9 Å². The Kier molecular flexibility index (Phi) is 4.81. The molecule has 0 atom stereocenters. The van der Waals surface area contributed by atoms with E-state index in [1.807, 2.05) is 0 Å². The molecule has 0 spiro atoms. The Morgan fingerprint density at radius 2 is 1.94 bits per heavy atom. The molecule has 16 heavy (non-hydrogen) atoms. The Hall–Kier alpha value is -1.02. The van der Waals surface area contributed by atoms with Gasteiger partial charge < -0.3 is 10.2 Å². The van der Waals surface area contributed by atoms with Crippen LogP contribution < -0.4 is 10.2 Å². The monoisotopic (exact) mass is 220 g/mol. The smallest absolute Gasteiger partial charge is 0.0396 e. The fourth-order valence-corrected chi connectivity index (χ4v) is 1.77. The van der Waals surface area contributed by atoms with Gasteiger partial charge in [0.05, 0.1) is 0 Å². The van der Waals surface area contributed by atoms with Crippen LogP contribution in [-0.2, 0) is 0 Å². The molecule has 2 heteroatoms. The lowest BCUT2D eigenvalue weighted by atomic mass is 10.1. The summed E-state index contributed by atoms with van der Waals surface area (Å²) in [6.07, 6.45) is 0. The van der Waals surface area contributed by atoms with Crippen molar-refractivity contribution in [3.8, 4) is 0 Å². The summed E-state index contributed by atoms with van der Waals surface area (Å²) in [6, 6.07) is 7.17. The van der Waals surface area contributed by atoms with Crippen LogP contribution in [0.1, 0.15) is 25.0 Å². The van der Waals surface area contributed by atoms with Crippen LogP contribution in [0.5, 0.6) is 0 Å². The van der Waals surface area contributed by atoms with E-state index in [1.54, 1.807) is 0 Å². The van der Waals surface area contributed by atoms with Crippen LogP contribution >= 0.6 is 0 Å². The van der Waals surface area contributed by atoms with Gasteiger partial charge in [-0.05, 0) is 31.0 Å². The van der Waals surface area contributed by atoms with Gasteiger partial charge in [-0.2, -0.15) is 0 Å². The van der Waals surface area contributed by atoms with E-state index >= 15 is 0 Å². The lowest BCUT2D eigenvalue weighted by Crippen LogP contribution is -2.33. The molecule has 0 amide bonds. The molecule has 2 nitrogen and oxygen atoms in total. The van der Waals surface area contributed by atoms with Gasteiger partial charge in [-0.3, -0.25) is 0 Å². The molecule has 0 bridgehead atoms. The van der Waals surface area contributed by atoms with Gasteiger partial charge in [0.15, 0.2) is 0 Å². The first kappa shape index (κ1) is 13.0. The Balaban J connectivity index is 2.58. The zero-order valence-electron chi connectivity index (χ0n) is 11.2. The molecule has 0 saturated heterocycles. The SMILES string of the molecule is Cc1ccc(C)c(N(C)CCNC(C)C)c1. The highest BCUT2D eigenvalue weighted by atomic mass is 15.1. The van der Waals surface area contributed by atoms with Crippen molar-refractivity contribution in [3.05, 3.63) is 29.3 Å². The first-order valence-electron chi connectivity index (χ1n) is 6.02. The summed E-state index contributed by atoms with van der Waals surface area (Å²) in [5.41, 5.74) is 4.01. The van der Waals surface area contributed by atoms with Crippen LogP contribution in [0.2, 0.25) is 0 Å². The zero-order valence-corrected chi connectivity index (χ0v) is 11.2. The zero-order chi connectivity index (χ0) is 12.1. The third-order valence-electron chi connectivity index (χ3n) is 2.78. The van der Waals surface area contributed by atoms with Crippen molar-refractivity contribution in [2.45, 2.75) is 33.7 Å². The van der Waals surface area contributed by atoms with Gasteiger partial charge in [0.1, 0.15) is 0 Å². The Bertz CT molecular complexity index is 332. The standard InChI is InChI=1S/C14H24N2/c1-11(2)15-8-9-16(5)14-10-12(3)6-7-13(14)4/h6-7,10-11,15H,8-9H2,1-5H3. The molecule has 1 N–H and O–H groups in total. The van der Waals surface area contributed by atoms with E-state index in [-0.39, 0.29) is 0 Å². The highest BCUT2D eigenvalue weighted by molar-refractivity contribution is 5.54. The molecule has 1 aromatic carbocycles. The molecule has 0 heterocycles. The van der Waals surface area contributed by atoms with Crippen LogP contribution in [0.4, 0.5) is 5.69 Å². The molecular weight excluding hydrogens is 196 g/mol. The largest absolute Gasteiger partial charge is 0.373 e. The predicted molar refractivity (Wildman–Crippen MR) is 72.3 cm³/mol. The third-order valence-corrected chi connectivity index (χ3v) is 2.78. The predicted octanol–water partition coefficient (Wildman–Crippen LogP) is 2.74. The number of hydrogen-bond acceptors (Lipinski definition) is 2. The fraction of sp³-hybridized carbons (Fsp3) is 0.571. The minimum absolute atomic E-state index is 0.562. The summed E-state index contributed by atoms with van der Waals surface area (Å²) >= 11 is 0. The minimum Gasteiger partial charge on any atom is -0.373 e. The minimum atomic E-state index is 0.562. The van der Waals surface area contributed by atoms with E-state index in [4.69, 9.17) is 0 Å². The molecule has 0 fully saturated rings. The maximum atomic E-state index is 3.44. The van der Waals surface area contributed by atoms with E-state index in [9.17, 15) is 0 Å². The fourth-order valence-electron chi connectivity index (χ4n) is 1.77. The maximum absolute atomic E-state index is 3.44. The summed E-state index contributed by atoms with van der Waals surface area (Å²) in [5, 5.41) is 3.44. The lowest BCUT2D eigenvalue weighted by molar-refractivity contribution is 0.589. The second-order valence-electron chi connectivity index (χ2n) is 4.82. The molecule has 1 aromatic rings. The van der Waals surface area contributed by atoms with Gasteiger partial charge in [0.25, 0.3) is 0 Å². The normalized spacial score (nSPS) is 10.9. The molecule has 0 aliphatic heterocycles. The molecule has 0 radical (unpaired) electrons. The van der Waals surface area contributed by atoms with Crippen molar-refractivity contribution < 1.29 is 0 Å². The van der Waals surface area contributed by atoms with Crippen molar-refractivity contribution in [3.63, 3.8) is 0 Å². The quantitative estimate of drug-likeness (QED) is 0.821. The third kappa shape index (κ3) is 3.86.